The zero-order valence-corrected chi connectivity index (χ0v) is 11.3. The van der Waals surface area contributed by atoms with E-state index in [1.165, 1.54) is 11.1 Å². The predicted octanol–water partition coefficient (Wildman–Crippen LogP) is 0.124. The molecular weight excluding hydrogens is 244 g/mol. The summed E-state index contributed by atoms with van der Waals surface area (Å²) in [6, 6.07) is 3.24. The number of hydrogen-bond acceptors (Lipinski definition) is 4. The first-order valence-corrected chi connectivity index (χ1v) is 6.16. The summed E-state index contributed by atoms with van der Waals surface area (Å²) in [4.78, 5) is 28.9. The van der Waals surface area contributed by atoms with Gasteiger partial charge in [0, 0.05) is 24.8 Å². The first-order valence-electron chi connectivity index (χ1n) is 6.16. The van der Waals surface area contributed by atoms with Crippen LogP contribution in [0.4, 0.5) is 0 Å². The van der Waals surface area contributed by atoms with Gasteiger partial charge < -0.3 is 16.4 Å². The minimum absolute atomic E-state index is 0.0860. The summed E-state index contributed by atoms with van der Waals surface area (Å²) in [6.07, 6.45) is 1.53. The highest BCUT2D eigenvalue weighted by Gasteiger charge is 2.19. The molecule has 0 atom stereocenters. The third-order valence-electron chi connectivity index (χ3n) is 2.49. The number of nitrogens with two attached hydrogens (primary N) is 2. The van der Waals surface area contributed by atoms with E-state index in [1.54, 1.807) is 12.1 Å². The van der Waals surface area contributed by atoms with E-state index in [4.69, 9.17) is 11.5 Å². The monoisotopic (exact) mass is 264 g/mol. The zero-order chi connectivity index (χ0) is 14.4. The zero-order valence-electron chi connectivity index (χ0n) is 11.3. The highest BCUT2D eigenvalue weighted by Crippen LogP contribution is 2.08. The van der Waals surface area contributed by atoms with Crippen molar-refractivity contribution < 1.29 is 9.59 Å². The van der Waals surface area contributed by atoms with Crippen molar-refractivity contribution in [1.29, 1.82) is 0 Å². The summed E-state index contributed by atoms with van der Waals surface area (Å²) >= 11 is 0. The molecule has 1 heterocycles. The Bertz CT molecular complexity index is 460. The molecule has 0 aliphatic rings. The van der Waals surface area contributed by atoms with Crippen molar-refractivity contribution in [3.05, 3.63) is 29.6 Å². The van der Waals surface area contributed by atoms with E-state index in [0.29, 0.717) is 17.8 Å². The van der Waals surface area contributed by atoms with E-state index in [0.717, 1.165) is 0 Å². The molecule has 1 aromatic rings. The molecule has 1 aromatic heterocycles. The van der Waals surface area contributed by atoms with Crippen molar-refractivity contribution >= 4 is 11.8 Å². The number of primary amides is 1. The Morgan fingerprint density at radius 2 is 2.11 bits per heavy atom. The van der Waals surface area contributed by atoms with Crippen LogP contribution in [-0.2, 0) is 11.3 Å². The molecule has 0 saturated carbocycles. The van der Waals surface area contributed by atoms with Crippen LogP contribution in [0.25, 0.3) is 0 Å². The minimum Gasteiger partial charge on any atom is -0.368 e. The second-order valence-corrected chi connectivity index (χ2v) is 4.79. The van der Waals surface area contributed by atoms with Crippen LogP contribution in [0.1, 0.15) is 29.9 Å². The molecule has 4 N–H and O–H groups in total. The van der Waals surface area contributed by atoms with Gasteiger partial charge in [0.25, 0.3) is 5.91 Å². The van der Waals surface area contributed by atoms with Crippen molar-refractivity contribution in [3.8, 4) is 0 Å². The smallest absolute Gasteiger partial charge is 0.254 e. The maximum absolute atomic E-state index is 12.3. The normalized spacial score (nSPS) is 10.5. The summed E-state index contributed by atoms with van der Waals surface area (Å²) in [5.74, 6) is -0.508. The van der Waals surface area contributed by atoms with E-state index in [-0.39, 0.29) is 24.9 Å². The van der Waals surface area contributed by atoms with Crippen LogP contribution < -0.4 is 11.5 Å². The SMILES string of the molecule is CC(C)CN(CC(N)=O)C(=O)c1ccnc(CN)c1. The van der Waals surface area contributed by atoms with Crippen molar-refractivity contribution in [2.45, 2.75) is 20.4 Å². The predicted molar refractivity (Wildman–Crippen MR) is 72.1 cm³/mol. The average Bonchev–Trinajstić information content (AvgIpc) is 2.36. The lowest BCUT2D eigenvalue weighted by Crippen LogP contribution is -2.40. The Morgan fingerprint density at radius 3 is 2.63 bits per heavy atom. The molecule has 6 heteroatoms. The number of aromatic nitrogens is 1. The van der Waals surface area contributed by atoms with Crippen LogP contribution >= 0.6 is 0 Å². The van der Waals surface area contributed by atoms with E-state index in [1.807, 2.05) is 13.8 Å². The number of carbonyl (C=O) groups is 2. The fourth-order valence-electron chi connectivity index (χ4n) is 1.75. The molecule has 0 bridgehead atoms. The van der Waals surface area contributed by atoms with E-state index in [2.05, 4.69) is 4.98 Å². The molecule has 0 fully saturated rings. The molecule has 6 nitrogen and oxygen atoms in total. The number of pyridine rings is 1. The Kier molecular flexibility index (Phi) is 5.44. The quantitative estimate of drug-likeness (QED) is 0.762. The molecule has 104 valence electrons. The summed E-state index contributed by atoms with van der Waals surface area (Å²) < 4.78 is 0. The number of rotatable bonds is 6. The van der Waals surface area contributed by atoms with Gasteiger partial charge in [-0.25, -0.2) is 0 Å². The summed E-state index contributed by atoms with van der Waals surface area (Å²) in [5, 5.41) is 0. The van der Waals surface area contributed by atoms with E-state index in [9.17, 15) is 9.59 Å². The molecule has 0 saturated heterocycles. The van der Waals surface area contributed by atoms with Crippen molar-refractivity contribution in [1.82, 2.24) is 9.88 Å². The first kappa shape index (κ1) is 15.1. The lowest BCUT2D eigenvalue weighted by molar-refractivity contribution is -0.118. The highest BCUT2D eigenvalue weighted by molar-refractivity contribution is 5.96. The van der Waals surface area contributed by atoms with Crippen LogP contribution in [0.5, 0.6) is 0 Å². The van der Waals surface area contributed by atoms with Gasteiger partial charge >= 0.3 is 0 Å². The molecule has 0 unspecified atom stereocenters. The fourth-order valence-corrected chi connectivity index (χ4v) is 1.75. The first-order chi connectivity index (χ1) is 8.93. The van der Waals surface area contributed by atoms with E-state index < -0.39 is 5.91 Å². The minimum atomic E-state index is -0.526. The molecule has 0 aliphatic carbocycles. The lowest BCUT2D eigenvalue weighted by Gasteiger charge is -2.23. The van der Waals surface area contributed by atoms with E-state index >= 15 is 0 Å². The molecule has 0 aliphatic heterocycles. The number of carbonyl (C=O) groups excluding carboxylic acids is 2. The topological polar surface area (TPSA) is 102 Å². The number of amides is 2. The lowest BCUT2D eigenvalue weighted by atomic mass is 10.1. The Labute approximate surface area is 112 Å². The maximum atomic E-state index is 12.3. The second-order valence-electron chi connectivity index (χ2n) is 4.79. The van der Waals surface area contributed by atoms with Gasteiger partial charge in [-0.15, -0.1) is 0 Å². The van der Waals surface area contributed by atoms with Gasteiger partial charge in [-0.3, -0.25) is 14.6 Å². The Morgan fingerprint density at radius 1 is 1.42 bits per heavy atom. The second kappa shape index (κ2) is 6.84. The summed E-state index contributed by atoms with van der Waals surface area (Å²) in [6.45, 7) is 4.60. The van der Waals surface area contributed by atoms with Crippen LogP contribution in [0.3, 0.4) is 0 Å². The molecule has 19 heavy (non-hydrogen) atoms. The largest absolute Gasteiger partial charge is 0.368 e. The van der Waals surface area contributed by atoms with Crippen LogP contribution in [0, 0.1) is 5.92 Å². The Hall–Kier alpha value is -1.95. The van der Waals surface area contributed by atoms with Gasteiger partial charge in [-0.1, -0.05) is 13.8 Å². The molecular formula is C13H20N4O2. The molecule has 0 aromatic carbocycles. The van der Waals surface area contributed by atoms with Crippen molar-refractivity contribution in [2.24, 2.45) is 17.4 Å². The van der Waals surface area contributed by atoms with Gasteiger partial charge in [-0.2, -0.15) is 0 Å². The average molecular weight is 264 g/mol. The molecule has 1 rings (SSSR count). The maximum Gasteiger partial charge on any atom is 0.254 e. The van der Waals surface area contributed by atoms with Crippen molar-refractivity contribution in [3.63, 3.8) is 0 Å². The molecule has 2 amide bonds. The van der Waals surface area contributed by atoms with Gasteiger partial charge in [0.2, 0.25) is 5.91 Å². The molecule has 0 spiro atoms. The highest BCUT2D eigenvalue weighted by atomic mass is 16.2. The number of nitrogens with zero attached hydrogens (tertiary/aromatic N) is 2. The van der Waals surface area contributed by atoms with Gasteiger partial charge in [0.05, 0.1) is 12.2 Å². The van der Waals surface area contributed by atoms with Gasteiger partial charge in [0.15, 0.2) is 0 Å². The Balaban J connectivity index is 2.93. The summed E-state index contributed by atoms with van der Waals surface area (Å²) in [5.41, 5.74) is 11.8. The third-order valence-corrected chi connectivity index (χ3v) is 2.49. The van der Waals surface area contributed by atoms with Crippen molar-refractivity contribution in [2.75, 3.05) is 13.1 Å². The van der Waals surface area contributed by atoms with Crippen LogP contribution in [0.15, 0.2) is 18.3 Å². The van der Waals surface area contributed by atoms with Crippen LogP contribution in [0.2, 0.25) is 0 Å². The summed E-state index contributed by atoms with van der Waals surface area (Å²) in [7, 11) is 0. The van der Waals surface area contributed by atoms with Gasteiger partial charge in [0.1, 0.15) is 0 Å². The van der Waals surface area contributed by atoms with Crippen LogP contribution in [-0.4, -0.2) is 34.8 Å². The standard InChI is InChI=1S/C13H20N4O2/c1-9(2)7-17(8-12(15)18)13(19)10-3-4-16-11(5-10)6-14/h3-5,9H,6-8,14H2,1-2H3,(H2,15,18). The third kappa shape index (κ3) is 4.67. The number of hydrogen-bond donors (Lipinski definition) is 2. The fraction of sp³-hybridized carbons (Fsp3) is 0.462. The molecule has 0 radical (unpaired) electrons. The van der Waals surface area contributed by atoms with Gasteiger partial charge in [-0.05, 0) is 18.1 Å².